The fourth-order valence-electron chi connectivity index (χ4n) is 3.78. The van der Waals surface area contributed by atoms with Gasteiger partial charge in [-0.1, -0.05) is 6.07 Å². The highest BCUT2D eigenvalue weighted by Crippen LogP contribution is 2.28. The predicted octanol–water partition coefficient (Wildman–Crippen LogP) is 3.45. The highest BCUT2D eigenvalue weighted by molar-refractivity contribution is 8.11. The van der Waals surface area contributed by atoms with Gasteiger partial charge in [0.1, 0.15) is 10.5 Å². The number of aryl methyl sites for hydroxylation is 1. The first-order chi connectivity index (χ1) is 15.9. The van der Waals surface area contributed by atoms with E-state index in [1.54, 1.807) is 42.2 Å². The molecule has 0 aliphatic heterocycles. The first kappa shape index (κ1) is 20.7. The second kappa shape index (κ2) is 7.75. The normalized spacial score (nSPS) is 12.2. The number of thiol groups is 1. The van der Waals surface area contributed by atoms with Gasteiger partial charge in [-0.3, -0.25) is 23.9 Å². The average Bonchev–Trinajstić information content (AvgIpc) is 3.35. The molecule has 0 radical (unpaired) electrons. The van der Waals surface area contributed by atoms with Crippen molar-refractivity contribution in [1.29, 1.82) is 0 Å². The number of nitrogens with zero attached hydrogens (tertiary/aromatic N) is 4. The Kier molecular flexibility index (Phi) is 4.86. The van der Waals surface area contributed by atoms with E-state index in [0.717, 1.165) is 16.5 Å². The van der Waals surface area contributed by atoms with Crippen molar-refractivity contribution < 1.29 is 12.9 Å². The second-order valence-electron chi connectivity index (χ2n) is 7.51. The van der Waals surface area contributed by atoms with E-state index in [4.69, 9.17) is 0 Å². The lowest BCUT2D eigenvalue weighted by Crippen LogP contribution is -2.20. The van der Waals surface area contributed by atoms with Gasteiger partial charge in [0.25, 0.3) is 5.56 Å². The molecule has 3 heterocycles. The monoisotopic (exact) mass is 463 g/mol. The van der Waals surface area contributed by atoms with Crippen molar-refractivity contribution in [1.82, 2.24) is 19.3 Å². The van der Waals surface area contributed by atoms with Gasteiger partial charge in [-0.25, -0.2) is 8.89 Å². The van der Waals surface area contributed by atoms with Crippen LogP contribution < -0.4 is 10.3 Å². The number of rotatable bonds is 5. The number of nitrogens with one attached hydrogen (secondary N) is 1. The average molecular weight is 463 g/mol. The lowest BCUT2D eigenvalue weighted by molar-refractivity contribution is 0.561. The molecular formula is C23H18FN5O3S. The number of carbonyl (C=O) groups excluding carboxylic acids is 1. The summed E-state index contributed by atoms with van der Waals surface area (Å²) in [7, 11) is -4.70. The summed E-state index contributed by atoms with van der Waals surface area (Å²) < 4.78 is 31.0. The van der Waals surface area contributed by atoms with Crippen LogP contribution in [0.3, 0.4) is 0 Å². The smallest absolute Gasteiger partial charge is 0.255 e. The van der Waals surface area contributed by atoms with Gasteiger partial charge in [0.2, 0.25) is 5.62 Å². The van der Waals surface area contributed by atoms with Gasteiger partial charge in [-0.15, -0.1) is 3.89 Å². The minimum Gasteiger partial charge on any atom is -0.299 e. The van der Waals surface area contributed by atoms with Crippen LogP contribution in [0.2, 0.25) is 0 Å². The fraction of sp³-hybridized carbons (Fsp3) is 0.0435. The Morgan fingerprint density at radius 2 is 1.91 bits per heavy atom. The molecule has 2 aromatic carbocycles. The van der Waals surface area contributed by atoms with Crippen molar-refractivity contribution in [2.45, 2.75) is 6.92 Å². The maximum absolute atomic E-state index is 13.9. The van der Waals surface area contributed by atoms with Crippen LogP contribution in [0.1, 0.15) is 5.56 Å². The summed E-state index contributed by atoms with van der Waals surface area (Å²) in [5, 5.41) is 5.70. The number of fused-ring (bicyclic) bond motifs is 3. The molecule has 5 aromatic rings. The number of pyridine rings is 2. The fourth-order valence-corrected chi connectivity index (χ4v) is 4.40. The van der Waals surface area contributed by atoms with Gasteiger partial charge >= 0.3 is 0 Å². The molecule has 0 saturated heterocycles. The zero-order valence-electron chi connectivity index (χ0n) is 17.3. The van der Waals surface area contributed by atoms with Crippen molar-refractivity contribution in [3.05, 3.63) is 89.1 Å². The van der Waals surface area contributed by atoms with Crippen molar-refractivity contribution in [2.75, 3.05) is 4.72 Å². The Balaban J connectivity index is 1.81. The third-order valence-electron chi connectivity index (χ3n) is 5.36. The molecule has 3 aromatic heterocycles. The van der Waals surface area contributed by atoms with E-state index >= 15 is 0 Å². The zero-order chi connectivity index (χ0) is 23.2. The van der Waals surface area contributed by atoms with E-state index in [2.05, 4.69) is 14.8 Å². The predicted molar refractivity (Wildman–Crippen MR) is 128 cm³/mol. The number of carbonyl (C=O) groups is 1. The van der Waals surface area contributed by atoms with E-state index in [-0.39, 0.29) is 16.9 Å². The number of halogens is 1. The summed E-state index contributed by atoms with van der Waals surface area (Å²) >= 11 is 0. The summed E-state index contributed by atoms with van der Waals surface area (Å²) in [4.78, 5) is 28.4. The minimum atomic E-state index is -4.70. The van der Waals surface area contributed by atoms with Gasteiger partial charge in [-0.2, -0.15) is 5.10 Å². The summed E-state index contributed by atoms with van der Waals surface area (Å²) in [6.07, 6.45) is 5.16. The van der Waals surface area contributed by atoms with E-state index in [1.807, 2.05) is 30.5 Å². The number of hydrogen-bond acceptors (Lipinski definition) is 5. The first-order valence-corrected chi connectivity index (χ1v) is 11.6. The maximum Gasteiger partial charge on any atom is 0.255 e. The Morgan fingerprint density at radius 1 is 1.09 bits per heavy atom. The molecule has 0 unspecified atom stereocenters. The SMILES string of the molecule is Cc1ccc(-n2c(=O)ccc3cnc4ccc(-n5cccn5)cc4c32)cc1N[SH](=O)(F)C=O. The van der Waals surface area contributed by atoms with Crippen molar-refractivity contribution in [3.8, 4) is 11.4 Å². The van der Waals surface area contributed by atoms with Gasteiger partial charge in [0, 0.05) is 35.4 Å². The number of aromatic nitrogens is 4. The Bertz CT molecular complexity index is 1650. The standard InChI is InChI=1S/C23H18FN5O3S/c1-15-3-5-18(12-21(15)27-33(24,32)14-30)29-22(31)8-4-16-13-25-20-7-6-17(11-19(20)23(16)29)28-10-2-9-26-28/h2-14,33H,1H3,(H,27,32). The third kappa shape index (κ3) is 3.70. The summed E-state index contributed by atoms with van der Waals surface area (Å²) in [6.45, 7) is 1.68. The summed E-state index contributed by atoms with van der Waals surface area (Å²) in [6, 6.07) is 15.4. The van der Waals surface area contributed by atoms with Crippen LogP contribution in [-0.4, -0.2) is 29.2 Å². The molecule has 0 amide bonds. The summed E-state index contributed by atoms with van der Waals surface area (Å²) in [5.74, 6) is 0. The van der Waals surface area contributed by atoms with E-state index in [1.165, 1.54) is 16.7 Å². The maximum atomic E-state index is 13.9. The topological polar surface area (TPSA) is 98.9 Å². The molecule has 33 heavy (non-hydrogen) atoms. The van der Waals surface area contributed by atoms with Crippen LogP contribution in [0.4, 0.5) is 9.57 Å². The molecule has 0 saturated carbocycles. The molecule has 5 rings (SSSR count). The van der Waals surface area contributed by atoms with Gasteiger partial charge in [0.05, 0.1) is 28.1 Å². The van der Waals surface area contributed by atoms with Crippen LogP contribution in [0.25, 0.3) is 33.2 Å². The highest BCUT2D eigenvalue weighted by atomic mass is 32.3. The molecule has 10 heteroatoms. The Hall–Kier alpha value is -4.18. The van der Waals surface area contributed by atoms with Crippen LogP contribution >= 0.6 is 0 Å². The number of anilines is 1. The Morgan fingerprint density at radius 3 is 2.67 bits per heavy atom. The van der Waals surface area contributed by atoms with Crippen LogP contribution in [0, 0.1) is 6.92 Å². The van der Waals surface area contributed by atoms with Gasteiger partial charge in [-0.05, 0) is 55.0 Å². The largest absolute Gasteiger partial charge is 0.299 e. The quantitative estimate of drug-likeness (QED) is 0.180. The molecule has 166 valence electrons. The van der Waals surface area contributed by atoms with E-state index in [0.29, 0.717) is 22.3 Å². The van der Waals surface area contributed by atoms with Crippen LogP contribution in [0.5, 0.6) is 0 Å². The molecule has 0 atom stereocenters. The molecule has 0 spiro atoms. The molecular weight excluding hydrogens is 445 g/mol. The van der Waals surface area contributed by atoms with Crippen LogP contribution in [-0.2, 0) is 15.3 Å². The molecule has 0 aliphatic carbocycles. The second-order valence-corrected chi connectivity index (χ2v) is 9.10. The molecule has 0 bridgehead atoms. The zero-order valence-corrected chi connectivity index (χ0v) is 18.2. The third-order valence-corrected chi connectivity index (χ3v) is 6.17. The minimum absolute atomic E-state index is 0.157. The van der Waals surface area contributed by atoms with Crippen molar-refractivity contribution >= 4 is 43.6 Å². The number of benzene rings is 2. The van der Waals surface area contributed by atoms with Crippen molar-refractivity contribution in [3.63, 3.8) is 0 Å². The molecule has 1 N–H and O–H groups in total. The van der Waals surface area contributed by atoms with E-state index < -0.39 is 10.5 Å². The Labute approximate surface area is 188 Å². The molecule has 0 aliphatic rings. The highest BCUT2D eigenvalue weighted by Gasteiger charge is 2.15. The van der Waals surface area contributed by atoms with Gasteiger partial charge < -0.3 is 0 Å². The lowest BCUT2D eigenvalue weighted by Gasteiger charge is -2.17. The number of hydrogen-bond donors (Lipinski definition) is 2. The van der Waals surface area contributed by atoms with Crippen LogP contribution in [0.15, 0.2) is 78.0 Å². The summed E-state index contributed by atoms with van der Waals surface area (Å²) in [5.41, 5.74) is 2.67. The first-order valence-electron chi connectivity index (χ1n) is 9.96. The van der Waals surface area contributed by atoms with Gasteiger partial charge in [0.15, 0.2) is 0 Å². The molecule has 8 nitrogen and oxygen atoms in total. The lowest BCUT2D eigenvalue weighted by atomic mass is 10.1. The van der Waals surface area contributed by atoms with Crippen molar-refractivity contribution in [2.24, 2.45) is 0 Å². The molecule has 0 fully saturated rings. The van der Waals surface area contributed by atoms with E-state index in [9.17, 15) is 17.7 Å².